The van der Waals surface area contributed by atoms with E-state index in [1.54, 1.807) is 24.3 Å². The minimum absolute atomic E-state index is 0.0438. The lowest BCUT2D eigenvalue weighted by Gasteiger charge is -2.22. The minimum atomic E-state index is -0.238. The highest BCUT2D eigenvalue weighted by Crippen LogP contribution is 2.30. The Morgan fingerprint density at radius 2 is 1.48 bits per heavy atom. The molecule has 0 saturated heterocycles. The fraction of sp³-hybridized carbons (Fsp3) is 0.364. The van der Waals surface area contributed by atoms with E-state index in [0.717, 1.165) is 5.56 Å². The second-order valence-electron chi connectivity index (χ2n) is 7.80. The first-order valence-corrected chi connectivity index (χ1v) is 9.10. The van der Waals surface area contributed by atoms with Crippen LogP contribution in [0.1, 0.15) is 40.2 Å². The first kappa shape index (κ1) is 20.5. The topological polar surface area (TPSA) is 67.4 Å². The molecule has 2 aromatic carbocycles. The van der Waals surface area contributed by atoms with Crippen molar-refractivity contribution in [3.8, 4) is 5.75 Å². The van der Waals surface area contributed by atoms with Crippen LogP contribution < -0.4 is 15.4 Å². The van der Waals surface area contributed by atoms with Crippen LogP contribution in [0.3, 0.4) is 0 Å². The van der Waals surface area contributed by atoms with Crippen molar-refractivity contribution in [1.29, 1.82) is 0 Å². The zero-order valence-corrected chi connectivity index (χ0v) is 16.6. The van der Waals surface area contributed by atoms with E-state index in [0.29, 0.717) is 17.1 Å². The summed E-state index contributed by atoms with van der Waals surface area (Å²) < 4.78 is 5.73. The monoisotopic (exact) mass is 368 g/mol. The van der Waals surface area contributed by atoms with Crippen LogP contribution in [0.4, 0.5) is 11.4 Å². The number of amides is 2. The van der Waals surface area contributed by atoms with Gasteiger partial charge in [0.05, 0.1) is 0 Å². The van der Waals surface area contributed by atoms with E-state index in [1.165, 1.54) is 0 Å². The summed E-state index contributed by atoms with van der Waals surface area (Å²) in [6, 6.07) is 14.8. The predicted molar refractivity (Wildman–Crippen MR) is 109 cm³/mol. The number of carbonyl (C=O) groups excluding carboxylic acids is 2. The van der Waals surface area contributed by atoms with E-state index in [9.17, 15) is 9.59 Å². The summed E-state index contributed by atoms with van der Waals surface area (Å²) in [6.45, 7) is 9.92. The molecular formula is C22H28N2O3. The van der Waals surface area contributed by atoms with Crippen molar-refractivity contribution >= 4 is 23.2 Å². The summed E-state index contributed by atoms with van der Waals surface area (Å²) in [5.41, 5.74) is 2.34. The third-order valence-corrected chi connectivity index (χ3v) is 4.01. The van der Waals surface area contributed by atoms with Gasteiger partial charge in [0.25, 0.3) is 5.91 Å². The van der Waals surface area contributed by atoms with Crippen LogP contribution in [0, 0.1) is 5.92 Å². The number of hydrogen-bond acceptors (Lipinski definition) is 3. The Labute approximate surface area is 161 Å². The lowest BCUT2D eigenvalue weighted by Crippen LogP contribution is -2.22. The molecular weight excluding hydrogens is 340 g/mol. The maximum Gasteiger partial charge on any atom is 0.262 e. The fourth-order valence-corrected chi connectivity index (χ4v) is 2.48. The first-order chi connectivity index (χ1) is 12.7. The molecule has 0 atom stereocenters. The molecule has 0 spiro atoms. The van der Waals surface area contributed by atoms with Gasteiger partial charge >= 0.3 is 0 Å². The van der Waals surface area contributed by atoms with Crippen molar-refractivity contribution in [2.45, 2.75) is 40.0 Å². The Morgan fingerprint density at radius 1 is 0.926 bits per heavy atom. The second-order valence-corrected chi connectivity index (χ2v) is 7.80. The number of benzene rings is 2. The molecule has 2 N–H and O–H groups in total. The number of ether oxygens (including phenoxy) is 1. The van der Waals surface area contributed by atoms with Crippen LogP contribution in [-0.4, -0.2) is 18.4 Å². The van der Waals surface area contributed by atoms with E-state index in [1.807, 2.05) is 38.1 Å². The molecule has 0 aromatic heterocycles. The maximum absolute atomic E-state index is 12.2. The zero-order chi connectivity index (χ0) is 20.0. The molecule has 144 valence electrons. The number of anilines is 2. The summed E-state index contributed by atoms with van der Waals surface area (Å²) in [6.07, 6.45) is 0. The van der Waals surface area contributed by atoms with Crippen LogP contribution in [0.25, 0.3) is 0 Å². The average molecular weight is 368 g/mol. The van der Waals surface area contributed by atoms with Gasteiger partial charge in [-0.2, -0.15) is 0 Å². The van der Waals surface area contributed by atoms with Crippen molar-refractivity contribution in [2.75, 3.05) is 17.2 Å². The molecule has 0 saturated carbocycles. The molecule has 0 fully saturated rings. The van der Waals surface area contributed by atoms with Crippen LogP contribution in [-0.2, 0) is 15.0 Å². The highest BCUT2D eigenvalue weighted by Gasteiger charge is 2.18. The molecule has 0 radical (unpaired) electrons. The van der Waals surface area contributed by atoms with E-state index >= 15 is 0 Å². The molecule has 0 bridgehead atoms. The van der Waals surface area contributed by atoms with Crippen molar-refractivity contribution in [1.82, 2.24) is 0 Å². The average Bonchev–Trinajstić information content (AvgIpc) is 2.61. The van der Waals surface area contributed by atoms with Gasteiger partial charge in [0.15, 0.2) is 6.61 Å². The van der Waals surface area contributed by atoms with Gasteiger partial charge in [-0.25, -0.2) is 0 Å². The van der Waals surface area contributed by atoms with Crippen LogP contribution in [0.15, 0.2) is 48.5 Å². The minimum Gasteiger partial charge on any atom is -0.483 e. The van der Waals surface area contributed by atoms with Gasteiger partial charge in [0.1, 0.15) is 5.75 Å². The van der Waals surface area contributed by atoms with Gasteiger partial charge in [0.2, 0.25) is 5.91 Å². The van der Waals surface area contributed by atoms with Gasteiger partial charge in [-0.05, 0) is 41.3 Å². The Morgan fingerprint density at radius 3 is 2.04 bits per heavy atom. The molecule has 0 unspecified atom stereocenters. The molecule has 5 heteroatoms. The van der Waals surface area contributed by atoms with Crippen LogP contribution in [0.2, 0.25) is 0 Å². The largest absolute Gasteiger partial charge is 0.483 e. The lowest BCUT2D eigenvalue weighted by molar-refractivity contribution is -0.119. The number of carbonyl (C=O) groups is 2. The number of para-hydroxylation sites is 1. The smallest absolute Gasteiger partial charge is 0.262 e. The maximum atomic E-state index is 12.2. The van der Waals surface area contributed by atoms with Crippen molar-refractivity contribution in [3.05, 3.63) is 54.1 Å². The Kier molecular flexibility index (Phi) is 6.61. The van der Waals surface area contributed by atoms with E-state index in [4.69, 9.17) is 4.74 Å². The zero-order valence-electron chi connectivity index (χ0n) is 16.6. The number of hydrogen-bond donors (Lipinski definition) is 2. The SMILES string of the molecule is CC(C)C(=O)Nc1ccc(NC(=O)COc2ccccc2C(C)(C)C)cc1. The van der Waals surface area contributed by atoms with Gasteiger partial charge in [-0.15, -0.1) is 0 Å². The molecule has 0 aliphatic rings. The molecule has 27 heavy (non-hydrogen) atoms. The highest BCUT2D eigenvalue weighted by atomic mass is 16.5. The molecule has 5 nitrogen and oxygen atoms in total. The van der Waals surface area contributed by atoms with Crippen LogP contribution >= 0.6 is 0 Å². The Bertz CT molecular complexity index is 790. The Balaban J connectivity index is 1.92. The third kappa shape index (κ3) is 6.13. The van der Waals surface area contributed by atoms with Gasteiger partial charge < -0.3 is 15.4 Å². The second kappa shape index (κ2) is 8.71. The predicted octanol–water partition coefficient (Wildman–Crippen LogP) is 4.60. The van der Waals surface area contributed by atoms with Crippen molar-refractivity contribution < 1.29 is 14.3 Å². The summed E-state index contributed by atoms with van der Waals surface area (Å²) >= 11 is 0. The normalized spacial score (nSPS) is 11.2. The highest BCUT2D eigenvalue weighted by molar-refractivity contribution is 5.94. The first-order valence-electron chi connectivity index (χ1n) is 9.10. The fourth-order valence-electron chi connectivity index (χ4n) is 2.48. The summed E-state index contributed by atoms with van der Waals surface area (Å²) in [5.74, 6) is 0.347. The lowest BCUT2D eigenvalue weighted by atomic mass is 9.86. The third-order valence-electron chi connectivity index (χ3n) is 4.01. The number of nitrogens with one attached hydrogen (secondary N) is 2. The quantitative estimate of drug-likeness (QED) is 0.783. The van der Waals surface area contributed by atoms with E-state index in [-0.39, 0.29) is 29.8 Å². The Hall–Kier alpha value is -2.82. The summed E-state index contributed by atoms with van der Waals surface area (Å²) in [4.78, 5) is 23.9. The number of rotatable bonds is 6. The van der Waals surface area contributed by atoms with Crippen molar-refractivity contribution in [2.24, 2.45) is 5.92 Å². The molecule has 2 amide bonds. The van der Waals surface area contributed by atoms with Crippen LogP contribution in [0.5, 0.6) is 5.75 Å². The van der Waals surface area contributed by atoms with Gasteiger partial charge in [0, 0.05) is 17.3 Å². The van der Waals surface area contributed by atoms with Gasteiger partial charge in [-0.3, -0.25) is 9.59 Å². The molecule has 2 aromatic rings. The molecule has 0 aliphatic heterocycles. The summed E-state index contributed by atoms with van der Waals surface area (Å²) in [7, 11) is 0. The van der Waals surface area contributed by atoms with Crippen molar-refractivity contribution in [3.63, 3.8) is 0 Å². The molecule has 0 heterocycles. The van der Waals surface area contributed by atoms with E-state index < -0.39 is 0 Å². The molecule has 0 aliphatic carbocycles. The van der Waals surface area contributed by atoms with E-state index in [2.05, 4.69) is 31.4 Å². The van der Waals surface area contributed by atoms with Gasteiger partial charge in [-0.1, -0.05) is 52.8 Å². The summed E-state index contributed by atoms with van der Waals surface area (Å²) in [5, 5.41) is 5.61. The standard InChI is InChI=1S/C22H28N2O3/c1-15(2)21(26)24-17-12-10-16(11-13-17)23-20(25)14-27-19-9-7-6-8-18(19)22(3,4)5/h6-13,15H,14H2,1-5H3,(H,23,25)(H,24,26). The molecule has 2 rings (SSSR count).